The minimum atomic E-state index is -0.843. The van der Waals surface area contributed by atoms with Crippen molar-refractivity contribution in [1.82, 2.24) is 9.55 Å². The number of nitrogens with zero attached hydrogens (tertiary/aromatic N) is 1. The number of halogens is 1. The molecule has 0 bridgehead atoms. The molecule has 0 aromatic carbocycles. The van der Waals surface area contributed by atoms with E-state index < -0.39 is 48.2 Å². The van der Waals surface area contributed by atoms with E-state index in [9.17, 15) is 29.1 Å². The van der Waals surface area contributed by atoms with Crippen LogP contribution in [0.5, 0.6) is 0 Å². The van der Waals surface area contributed by atoms with Gasteiger partial charge in [0.25, 0.3) is 5.56 Å². The molecule has 11 nitrogen and oxygen atoms in total. The minimum Gasteiger partial charge on any atom is -0.462 e. The van der Waals surface area contributed by atoms with Crippen molar-refractivity contribution in [1.29, 1.82) is 0 Å². The second-order valence-electron chi connectivity index (χ2n) is 14.2. The lowest BCUT2D eigenvalue weighted by atomic mass is 9.45. The number of ketones is 1. The van der Waals surface area contributed by atoms with Crippen molar-refractivity contribution in [2.75, 3.05) is 6.61 Å². The standard InChI is InChI=1S/C32H43IN2O9/c1-31-11-9-18(37)13-17(31)3-4-19-20-5-6-25(32(20,2)12-10-21(19)31)44-28(39)8-7-27(38)43-23-14-26(42-24(23)16-36)35-15-22(33)29(40)34-30(35)41/h15,17,19-21,23-26,36H,3-14,16H2,1-2H3,(H,34,40,41)/t17?,19?,20?,21?,23-,24+,25-,26+,31-,32-/m0/s1/i33-2. The monoisotopic (exact) mass is 724 g/mol. The summed E-state index contributed by atoms with van der Waals surface area (Å²) in [7, 11) is 0. The summed E-state index contributed by atoms with van der Waals surface area (Å²) in [6.07, 6.45) is 7.31. The number of aromatic amines is 1. The van der Waals surface area contributed by atoms with Gasteiger partial charge in [0.2, 0.25) is 0 Å². The second kappa shape index (κ2) is 12.3. The number of Topliss-reactive ketones (excluding diaryl/α,β-unsaturated/α-hetero) is 1. The van der Waals surface area contributed by atoms with Gasteiger partial charge < -0.3 is 19.3 Å². The quantitative estimate of drug-likeness (QED) is 0.317. The number of nitrogens with one attached hydrogen (secondary N) is 1. The smallest absolute Gasteiger partial charge is 0.330 e. The lowest BCUT2D eigenvalue weighted by Gasteiger charge is -2.60. The lowest BCUT2D eigenvalue weighted by molar-refractivity contribution is -0.167. The van der Waals surface area contributed by atoms with Crippen molar-refractivity contribution in [3.63, 3.8) is 0 Å². The molecule has 4 saturated carbocycles. The summed E-state index contributed by atoms with van der Waals surface area (Å²) < 4.78 is 18.9. The van der Waals surface area contributed by atoms with E-state index in [1.807, 2.05) is 0 Å². The third-order valence-electron chi connectivity index (χ3n) is 12.1. The first-order chi connectivity index (χ1) is 20.9. The van der Waals surface area contributed by atoms with Crippen molar-refractivity contribution in [2.45, 2.75) is 115 Å². The predicted molar refractivity (Wildman–Crippen MR) is 165 cm³/mol. The van der Waals surface area contributed by atoms with Gasteiger partial charge in [-0.05, 0) is 96.6 Å². The first-order valence-corrected chi connectivity index (χ1v) is 17.2. The summed E-state index contributed by atoms with van der Waals surface area (Å²) in [6, 6.07) is 0. The normalized spacial score (nSPS) is 39.7. The summed E-state index contributed by atoms with van der Waals surface area (Å²) >= 11 is 1.81. The third-order valence-corrected chi connectivity index (χ3v) is 12.8. The van der Waals surface area contributed by atoms with E-state index >= 15 is 0 Å². The molecule has 5 aliphatic rings. The van der Waals surface area contributed by atoms with Gasteiger partial charge in [-0.2, -0.15) is 0 Å². The number of hydrogen-bond donors (Lipinski definition) is 2. The van der Waals surface area contributed by atoms with Gasteiger partial charge >= 0.3 is 17.6 Å². The summed E-state index contributed by atoms with van der Waals surface area (Å²) in [6.45, 7) is 4.29. The molecule has 2 N–H and O–H groups in total. The van der Waals surface area contributed by atoms with Crippen LogP contribution in [0.15, 0.2) is 15.8 Å². The minimum absolute atomic E-state index is 0.0762. The van der Waals surface area contributed by atoms with Gasteiger partial charge in [0.15, 0.2) is 0 Å². The number of ether oxygens (including phenoxy) is 3. The van der Waals surface area contributed by atoms with Crippen molar-refractivity contribution in [2.24, 2.45) is 34.5 Å². The third kappa shape index (κ3) is 5.72. The number of aliphatic hydroxyl groups excluding tert-OH is 1. The SMILES string of the molecule is C[C@]12CCC(=O)CC1CCC1C2CC[C@@]2(C)C1CC[C@@H]2OC(=O)CCC(=O)O[C@H]1C[C@H](n2cc([125I])c(=O)[nH]c2=O)O[C@@H]1CO. The van der Waals surface area contributed by atoms with E-state index in [1.165, 1.54) is 10.8 Å². The van der Waals surface area contributed by atoms with E-state index in [2.05, 4.69) is 18.8 Å². The molecule has 242 valence electrons. The summed E-state index contributed by atoms with van der Waals surface area (Å²) in [5.74, 6) is 1.66. The largest absolute Gasteiger partial charge is 0.462 e. The molecule has 44 heavy (non-hydrogen) atoms. The fraction of sp³-hybridized carbons (Fsp3) is 0.781. The van der Waals surface area contributed by atoms with Gasteiger partial charge in [-0.1, -0.05) is 13.8 Å². The van der Waals surface area contributed by atoms with E-state index in [0.29, 0.717) is 39.4 Å². The average Bonchev–Trinajstić information content (AvgIpc) is 3.54. The number of rotatable bonds is 7. The molecule has 0 spiro atoms. The Balaban J connectivity index is 1.01. The molecule has 4 unspecified atom stereocenters. The molecule has 10 atom stereocenters. The Hall–Kier alpha value is -2.06. The van der Waals surface area contributed by atoms with Crippen molar-refractivity contribution in [3.05, 3.63) is 30.6 Å². The first-order valence-electron chi connectivity index (χ1n) is 16.1. The number of aromatic nitrogens is 2. The zero-order valence-electron chi connectivity index (χ0n) is 25.4. The maximum absolute atomic E-state index is 13.0. The number of carbonyl (C=O) groups excluding carboxylic acids is 3. The molecule has 0 amide bonds. The van der Waals surface area contributed by atoms with E-state index in [0.717, 1.165) is 51.4 Å². The Morgan fingerprint density at radius 3 is 2.50 bits per heavy atom. The van der Waals surface area contributed by atoms with Crippen LogP contribution in [0.2, 0.25) is 0 Å². The summed E-state index contributed by atoms with van der Waals surface area (Å²) in [4.78, 5) is 64.1. The molecule has 4 aliphatic carbocycles. The van der Waals surface area contributed by atoms with E-state index in [4.69, 9.17) is 14.2 Å². The van der Waals surface area contributed by atoms with Gasteiger partial charge in [0.05, 0.1) is 23.0 Å². The van der Waals surface area contributed by atoms with Crippen LogP contribution in [0.25, 0.3) is 0 Å². The molecule has 1 saturated heterocycles. The maximum atomic E-state index is 13.0. The highest BCUT2D eigenvalue weighted by Crippen LogP contribution is 2.66. The zero-order valence-corrected chi connectivity index (χ0v) is 27.6. The summed E-state index contributed by atoms with van der Waals surface area (Å²) in [5.41, 5.74) is -1.00. The number of esters is 2. The van der Waals surface area contributed by atoms with Crippen molar-refractivity contribution < 1.29 is 33.7 Å². The number of hydrogen-bond acceptors (Lipinski definition) is 9. The molecule has 5 fully saturated rings. The highest BCUT2D eigenvalue weighted by Gasteiger charge is 2.61. The van der Waals surface area contributed by atoms with Crippen LogP contribution >= 0.6 is 22.6 Å². The van der Waals surface area contributed by atoms with E-state index in [1.54, 1.807) is 22.6 Å². The Kier molecular flexibility index (Phi) is 8.90. The van der Waals surface area contributed by atoms with Gasteiger partial charge in [0.1, 0.15) is 30.3 Å². The van der Waals surface area contributed by atoms with Crippen LogP contribution in [0.4, 0.5) is 0 Å². The van der Waals surface area contributed by atoms with Gasteiger partial charge in [-0.25, -0.2) is 4.79 Å². The molecular weight excluding hydrogens is 681 g/mol. The average molecular weight is 725 g/mol. The highest BCUT2D eigenvalue weighted by molar-refractivity contribution is 14.1. The molecular formula is C32H43IN2O9. The van der Waals surface area contributed by atoms with Gasteiger partial charge in [-0.15, -0.1) is 0 Å². The van der Waals surface area contributed by atoms with Crippen LogP contribution in [0.3, 0.4) is 0 Å². The molecule has 0 radical (unpaired) electrons. The Morgan fingerprint density at radius 1 is 1.02 bits per heavy atom. The topological polar surface area (TPSA) is 154 Å². The van der Waals surface area contributed by atoms with Crippen molar-refractivity contribution in [3.8, 4) is 0 Å². The van der Waals surface area contributed by atoms with Gasteiger partial charge in [0, 0.05) is 30.9 Å². The fourth-order valence-electron chi connectivity index (χ4n) is 9.67. The fourth-order valence-corrected chi connectivity index (χ4v) is 10.1. The van der Waals surface area contributed by atoms with Crippen LogP contribution in [0, 0.1) is 38.1 Å². The summed E-state index contributed by atoms with van der Waals surface area (Å²) in [5, 5.41) is 9.78. The van der Waals surface area contributed by atoms with Crippen LogP contribution in [0.1, 0.15) is 97.1 Å². The Labute approximate surface area is 269 Å². The van der Waals surface area contributed by atoms with Gasteiger partial charge in [-0.3, -0.25) is 28.7 Å². The number of H-pyrrole nitrogens is 1. The van der Waals surface area contributed by atoms with Crippen LogP contribution in [-0.4, -0.2) is 57.3 Å². The molecule has 6 rings (SSSR count). The van der Waals surface area contributed by atoms with Crippen LogP contribution in [-0.2, 0) is 28.6 Å². The maximum Gasteiger partial charge on any atom is 0.330 e. The van der Waals surface area contributed by atoms with E-state index in [-0.39, 0.29) is 36.2 Å². The Bertz CT molecular complexity index is 1420. The highest BCUT2D eigenvalue weighted by atomic mass is 125. The second-order valence-corrected chi connectivity index (χ2v) is 15.4. The molecule has 2 heterocycles. The zero-order chi connectivity index (χ0) is 31.4. The molecule has 1 aromatic heterocycles. The van der Waals surface area contributed by atoms with Crippen LogP contribution < -0.4 is 11.2 Å². The van der Waals surface area contributed by atoms with Crippen molar-refractivity contribution >= 4 is 40.3 Å². The lowest BCUT2D eigenvalue weighted by Crippen LogP contribution is -2.54. The first kappa shape index (κ1) is 31.9. The number of carbonyl (C=O) groups is 3. The Morgan fingerprint density at radius 2 is 1.75 bits per heavy atom. The number of fused-ring (bicyclic) bond motifs is 5. The molecule has 12 heteroatoms. The molecule has 1 aromatic rings. The predicted octanol–water partition coefficient (Wildman–Crippen LogP) is 3.64. The molecule has 1 aliphatic heterocycles. The number of aliphatic hydroxyl groups is 1.